The second kappa shape index (κ2) is 7.84. The first-order valence-corrected chi connectivity index (χ1v) is 8.28. The van der Waals surface area contributed by atoms with Crippen LogP contribution in [0.2, 0.25) is 0 Å². The number of amides is 1. The lowest BCUT2D eigenvalue weighted by Crippen LogP contribution is -2.36. The lowest BCUT2D eigenvalue weighted by Gasteiger charge is -2.30. The quantitative estimate of drug-likeness (QED) is 0.830. The van der Waals surface area contributed by atoms with Gasteiger partial charge in [0.05, 0.1) is 24.6 Å². The molecule has 0 bridgehead atoms. The normalized spacial score (nSPS) is 14.4. The largest absolute Gasteiger partial charge is 0.399 e. The number of carbonyl (C=O) groups is 1. The van der Waals surface area contributed by atoms with Crippen LogP contribution in [-0.4, -0.2) is 32.2 Å². The standard InChI is InChI=1S/C19H23N3O2/c20-16-5-3-4-15(14-16)8-9-19(23)21-17-6-1-2-7-18(17)22-10-12-24-13-11-22/h1-7,14H,8-13,20H2,(H,21,23). The first-order chi connectivity index (χ1) is 11.7. The molecule has 0 saturated carbocycles. The molecule has 0 aliphatic carbocycles. The van der Waals surface area contributed by atoms with E-state index in [0.717, 1.165) is 48.9 Å². The van der Waals surface area contributed by atoms with E-state index < -0.39 is 0 Å². The molecule has 0 unspecified atom stereocenters. The highest BCUT2D eigenvalue weighted by Gasteiger charge is 2.15. The maximum Gasteiger partial charge on any atom is 0.224 e. The fraction of sp³-hybridized carbons (Fsp3) is 0.316. The Labute approximate surface area is 142 Å². The van der Waals surface area contributed by atoms with Gasteiger partial charge in [-0.15, -0.1) is 0 Å². The van der Waals surface area contributed by atoms with Crippen molar-refractivity contribution in [2.45, 2.75) is 12.8 Å². The van der Waals surface area contributed by atoms with E-state index in [9.17, 15) is 4.79 Å². The van der Waals surface area contributed by atoms with Crippen molar-refractivity contribution >= 4 is 23.0 Å². The monoisotopic (exact) mass is 325 g/mol. The van der Waals surface area contributed by atoms with E-state index in [-0.39, 0.29) is 5.91 Å². The minimum absolute atomic E-state index is 0.0122. The van der Waals surface area contributed by atoms with E-state index in [1.165, 1.54) is 0 Å². The van der Waals surface area contributed by atoms with Crippen LogP contribution in [0, 0.1) is 0 Å². The van der Waals surface area contributed by atoms with Gasteiger partial charge in [0.15, 0.2) is 0 Å². The highest BCUT2D eigenvalue weighted by molar-refractivity contribution is 5.94. The second-order valence-corrected chi connectivity index (χ2v) is 5.91. The van der Waals surface area contributed by atoms with Gasteiger partial charge < -0.3 is 20.7 Å². The summed E-state index contributed by atoms with van der Waals surface area (Å²) in [5.41, 5.74) is 9.49. The number of ether oxygens (including phenoxy) is 1. The van der Waals surface area contributed by atoms with Gasteiger partial charge in [-0.25, -0.2) is 0 Å². The molecule has 1 fully saturated rings. The van der Waals surface area contributed by atoms with Gasteiger partial charge in [-0.2, -0.15) is 0 Å². The third-order valence-corrected chi connectivity index (χ3v) is 4.12. The van der Waals surface area contributed by atoms with Crippen LogP contribution in [0.25, 0.3) is 0 Å². The van der Waals surface area contributed by atoms with Crippen LogP contribution < -0.4 is 16.0 Å². The topological polar surface area (TPSA) is 67.6 Å². The van der Waals surface area contributed by atoms with Gasteiger partial charge in [0.25, 0.3) is 0 Å². The maximum absolute atomic E-state index is 12.3. The molecule has 2 aromatic carbocycles. The molecule has 3 rings (SSSR count). The number of nitrogens with two attached hydrogens (primary N) is 1. The molecule has 5 heteroatoms. The third-order valence-electron chi connectivity index (χ3n) is 4.12. The summed E-state index contributed by atoms with van der Waals surface area (Å²) in [6, 6.07) is 15.6. The molecule has 0 aromatic heterocycles. The van der Waals surface area contributed by atoms with Gasteiger partial charge in [-0.3, -0.25) is 4.79 Å². The summed E-state index contributed by atoms with van der Waals surface area (Å²) in [6.07, 6.45) is 1.11. The van der Waals surface area contributed by atoms with E-state index >= 15 is 0 Å². The molecule has 0 atom stereocenters. The van der Waals surface area contributed by atoms with Crippen LogP contribution >= 0.6 is 0 Å². The molecule has 1 aliphatic rings. The van der Waals surface area contributed by atoms with E-state index in [4.69, 9.17) is 10.5 Å². The molecule has 1 saturated heterocycles. The summed E-state index contributed by atoms with van der Waals surface area (Å²) in [6.45, 7) is 3.13. The Hall–Kier alpha value is -2.53. The molecule has 3 N–H and O–H groups in total. The number of nitrogens with one attached hydrogen (secondary N) is 1. The number of benzene rings is 2. The van der Waals surface area contributed by atoms with Crippen LogP contribution in [0.4, 0.5) is 17.1 Å². The van der Waals surface area contributed by atoms with Gasteiger partial charge >= 0.3 is 0 Å². The SMILES string of the molecule is Nc1cccc(CCC(=O)Nc2ccccc2N2CCOCC2)c1. The van der Waals surface area contributed by atoms with Crippen molar-refractivity contribution in [1.82, 2.24) is 0 Å². The highest BCUT2D eigenvalue weighted by Crippen LogP contribution is 2.26. The van der Waals surface area contributed by atoms with Crippen molar-refractivity contribution < 1.29 is 9.53 Å². The van der Waals surface area contributed by atoms with Gasteiger partial charge in [-0.05, 0) is 36.2 Å². The molecule has 2 aromatic rings. The van der Waals surface area contributed by atoms with E-state index in [0.29, 0.717) is 12.8 Å². The smallest absolute Gasteiger partial charge is 0.224 e. The summed E-state index contributed by atoms with van der Waals surface area (Å²) in [5.74, 6) is 0.0122. The molecule has 0 spiro atoms. The summed E-state index contributed by atoms with van der Waals surface area (Å²) in [7, 11) is 0. The zero-order chi connectivity index (χ0) is 16.8. The van der Waals surface area contributed by atoms with Gasteiger partial charge in [0.1, 0.15) is 0 Å². The molecule has 1 heterocycles. The number of hydrogen-bond donors (Lipinski definition) is 2. The minimum Gasteiger partial charge on any atom is -0.399 e. The van der Waals surface area contributed by atoms with Crippen molar-refractivity contribution in [2.75, 3.05) is 42.3 Å². The van der Waals surface area contributed by atoms with Gasteiger partial charge in [0.2, 0.25) is 5.91 Å². The number of nitrogens with zero attached hydrogens (tertiary/aromatic N) is 1. The average Bonchev–Trinajstić information content (AvgIpc) is 2.61. The van der Waals surface area contributed by atoms with E-state index in [1.807, 2.05) is 48.5 Å². The van der Waals surface area contributed by atoms with Crippen molar-refractivity contribution in [2.24, 2.45) is 0 Å². The molecular weight excluding hydrogens is 302 g/mol. The molecule has 126 valence electrons. The summed E-state index contributed by atoms with van der Waals surface area (Å²) >= 11 is 0. The third kappa shape index (κ3) is 4.26. The van der Waals surface area contributed by atoms with Crippen molar-refractivity contribution in [1.29, 1.82) is 0 Å². The Morgan fingerprint density at radius 3 is 2.71 bits per heavy atom. The predicted octanol–water partition coefficient (Wildman–Crippen LogP) is 2.68. The van der Waals surface area contributed by atoms with Crippen LogP contribution in [0.5, 0.6) is 0 Å². The molecule has 0 radical (unpaired) electrons. The summed E-state index contributed by atoms with van der Waals surface area (Å²) < 4.78 is 5.40. The zero-order valence-corrected chi connectivity index (χ0v) is 13.7. The number of carbonyl (C=O) groups excluding carboxylic acids is 1. The van der Waals surface area contributed by atoms with E-state index in [2.05, 4.69) is 10.2 Å². The Balaban J connectivity index is 1.62. The summed E-state index contributed by atoms with van der Waals surface area (Å²) in [5, 5.41) is 3.04. The van der Waals surface area contributed by atoms with Crippen LogP contribution in [-0.2, 0) is 16.0 Å². The first kappa shape index (κ1) is 16.3. The fourth-order valence-electron chi connectivity index (χ4n) is 2.88. The van der Waals surface area contributed by atoms with Crippen molar-refractivity contribution in [3.63, 3.8) is 0 Å². The van der Waals surface area contributed by atoms with Crippen LogP contribution in [0.1, 0.15) is 12.0 Å². The van der Waals surface area contributed by atoms with E-state index in [1.54, 1.807) is 0 Å². The fourth-order valence-corrected chi connectivity index (χ4v) is 2.88. The zero-order valence-electron chi connectivity index (χ0n) is 13.7. The molecule has 1 amide bonds. The Morgan fingerprint density at radius 2 is 1.92 bits per heavy atom. The highest BCUT2D eigenvalue weighted by atomic mass is 16.5. The molecule has 5 nitrogen and oxygen atoms in total. The number of hydrogen-bond acceptors (Lipinski definition) is 4. The van der Waals surface area contributed by atoms with Crippen LogP contribution in [0.3, 0.4) is 0 Å². The number of aryl methyl sites for hydroxylation is 1. The Kier molecular flexibility index (Phi) is 5.33. The number of rotatable bonds is 5. The van der Waals surface area contributed by atoms with Gasteiger partial charge in [-0.1, -0.05) is 24.3 Å². The molecule has 24 heavy (non-hydrogen) atoms. The number of para-hydroxylation sites is 2. The number of morpholine rings is 1. The van der Waals surface area contributed by atoms with Crippen LogP contribution in [0.15, 0.2) is 48.5 Å². The lowest BCUT2D eigenvalue weighted by molar-refractivity contribution is -0.116. The van der Waals surface area contributed by atoms with Gasteiger partial charge in [0, 0.05) is 25.2 Å². The Morgan fingerprint density at radius 1 is 1.12 bits per heavy atom. The minimum atomic E-state index is 0.0122. The second-order valence-electron chi connectivity index (χ2n) is 5.91. The Bertz CT molecular complexity index is 697. The number of nitrogen functional groups attached to an aromatic ring is 1. The number of anilines is 3. The maximum atomic E-state index is 12.3. The summed E-state index contributed by atoms with van der Waals surface area (Å²) in [4.78, 5) is 14.6. The predicted molar refractivity (Wildman–Crippen MR) is 97.3 cm³/mol. The molecular formula is C19H23N3O2. The lowest BCUT2D eigenvalue weighted by atomic mass is 10.1. The molecule has 1 aliphatic heterocycles. The average molecular weight is 325 g/mol. The first-order valence-electron chi connectivity index (χ1n) is 8.28. The van der Waals surface area contributed by atoms with Crippen molar-refractivity contribution in [3.05, 3.63) is 54.1 Å². The van der Waals surface area contributed by atoms with Crippen molar-refractivity contribution in [3.8, 4) is 0 Å².